The van der Waals surface area contributed by atoms with Gasteiger partial charge in [-0.3, -0.25) is 14.6 Å². The first-order valence-electron chi connectivity index (χ1n) is 10.1. The molecular weight excluding hydrogens is 418 g/mol. The molecule has 0 atom stereocenters. The summed E-state index contributed by atoms with van der Waals surface area (Å²) in [7, 11) is 0. The van der Waals surface area contributed by atoms with E-state index in [1.165, 1.54) is 0 Å². The van der Waals surface area contributed by atoms with Crippen LogP contribution in [0.2, 0.25) is 0 Å². The molecule has 0 aliphatic carbocycles. The molecular formula is C23H15N9O. The number of aromatic nitrogens is 8. The van der Waals surface area contributed by atoms with Crippen molar-refractivity contribution in [3.8, 4) is 23.1 Å². The second kappa shape index (κ2) is 7.28. The monoisotopic (exact) mass is 433 g/mol. The predicted molar refractivity (Wildman–Crippen MR) is 121 cm³/mol. The third kappa shape index (κ3) is 3.16. The van der Waals surface area contributed by atoms with Crippen LogP contribution in [0.1, 0.15) is 11.1 Å². The van der Waals surface area contributed by atoms with Crippen LogP contribution in [-0.2, 0) is 6.54 Å². The van der Waals surface area contributed by atoms with Crippen molar-refractivity contribution in [2.45, 2.75) is 6.54 Å². The van der Waals surface area contributed by atoms with Gasteiger partial charge in [0.05, 0.1) is 47.0 Å². The Balaban J connectivity index is 1.44. The molecule has 10 nitrogen and oxygen atoms in total. The number of pyridine rings is 1. The van der Waals surface area contributed by atoms with E-state index in [1.807, 2.05) is 42.5 Å². The molecule has 0 aliphatic rings. The number of benzene rings is 2. The molecule has 2 aromatic carbocycles. The van der Waals surface area contributed by atoms with Crippen molar-refractivity contribution < 1.29 is 0 Å². The summed E-state index contributed by atoms with van der Waals surface area (Å²) in [5.41, 5.74) is 5.06. The van der Waals surface area contributed by atoms with Crippen LogP contribution < -0.4 is 5.56 Å². The van der Waals surface area contributed by atoms with Gasteiger partial charge in [-0.2, -0.15) is 15.5 Å². The van der Waals surface area contributed by atoms with E-state index in [0.29, 0.717) is 23.3 Å². The number of nitriles is 1. The van der Waals surface area contributed by atoms with Gasteiger partial charge < -0.3 is 4.98 Å². The van der Waals surface area contributed by atoms with Crippen LogP contribution in [0.15, 0.2) is 71.8 Å². The highest BCUT2D eigenvalue weighted by molar-refractivity contribution is 5.83. The third-order valence-corrected chi connectivity index (χ3v) is 5.53. The van der Waals surface area contributed by atoms with Gasteiger partial charge in [-0.05, 0) is 48.0 Å². The van der Waals surface area contributed by atoms with Gasteiger partial charge in [0, 0.05) is 11.6 Å². The van der Waals surface area contributed by atoms with E-state index >= 15 is 0 Å². The number of rotatable bonds is 4. The molecule has 4 aromatic heterocycles. The number of fused-ring (bicyclic) bond motifs is 2. The molecule has 10 heteroatoms. The Hall–Kier alpha value is -5.04. The van der Waals surface area contributed by atoms with E-state index in [2.05, 4.69) is 36.7 Å². The Morgan fingerprint density at radius 2 is 1.94 bits per heavy atom. The molecule has 6 rings (SSSR count). The molecule has 33 heavy (non-hydrogen) atoms. The normalized spacial score (nSPS) is 11.2. The summed E-state index contributed by atoms with van der Waals surface area (Å²) in [5, 5.41) is 29.7. The molecule has 158 valence electrons. The smallest absolute Gasteiger partial charge is 0.278 e. The molecule has 6 aromatic rings. The van der Waals surface area contributed by atoms with Gasteiger partial charge in [-0.1, -0.05) is 17.3 Å². The van der Waals surface area contributed by atoms with Gasteiger partial charge in [0.2, 0.25) is 0 Å². The number of nitrogens with one attached hydrogen (secondary N) is 2. The van der Waals surface area contributed by atoms with Crippen LogP contribution in [-0.4, -0.2) is 40.0 Å². The van der Waals surface area contributed by atoms with E-state index in [-0.39, 0.29) is 11.1 Å². The van der Waals surface area contributed by atoms with E-state index in [4.69, 9.17) is 5.26 Å². The van der Waals surface area contributed by atoms with E-state index in [0.717, 1.165) is 27.8 Å². The summed E-state index contributed by atoms with van der Waals surface area (Å²) in [5.74, 6) is 0. The molecule has 0 bridgehead atoms. The molecule has 0 unspecified atom stereocenters. The lowest BCUT2D eigenvalue weighted by Crippen LogP contribution is -2.11. The number of aromatic amines is 2. The SMILES string of the molecule is N#Cc1ccc(Cn2nccc2-c2cc3c(nnn3-c3ccc4cn[nH]c4c3)c(=O)[nH]2)cc1. The second-order valence-electron chi connectivity index (χ2n) is 7.57. The number of nitrogens with zero attached hydrogens (tertiary/aromatic N) is 7. The molecule has 0 saturated heterocycles. The maximum atomic E-state index is 12.8. The second-order valence-corrected chi connectivity index (χ2v) is 7.57. The molecule has 0 fully saturated rings. The van der Waals surface area contributed by atoms with Crippen LogP contribution in [0.5, 0.6) is 0 Å². The fourth-order valence-corrected chi connectivity index (χ4v) is 3.87. The van der Waals surface area contributed by atoms with Gasteiger partial charge in [-0.15, -0.1) is 5.10 Å². The van der Waals surface area contributed by atoms with Gasteiger partial charge in [0.15, 0.2) is 5.52 Å². The zero-order chi connectivity index (χ0) is 22.4. The van der Waals surface area contributed by atoms with Crippen LogP contribution in [0.3, 0.4) is 0 Å². The number of hydrogen-bond acceptors (Lipinski definition) is 6. The topological polar surface area (TPSA) is 134 Å². The Morgan fingerprint density at radius 3 is 2.79 bits per heavy atom. The third-order valence-electron chi connectivity index (χ3n) is 5.53. The summed E-state index contributed by atoms with van der Waals surface area (Å²) >= 11 is 0. The predicted octanol–water partition coefficient (Wildman–Crippen LogP) is 2.77. The van der Waals surface area contributed by atoms with Crippen molar-refractivity contribution in [1.29, 1.82) is 5.26 Å². The number of hydrogen-bond donors (Lipinski definition) is 2. The first-order chi connectivity index (χ1) is 16.2. The highest BCUT2D eigenvalue weighted by Crippen LogP contribution is 2.23. The van der Waals surface area contributed by atoms with Crippen LogP contribution in [0.4, 0.5) is 0 Å². The van der Waals surface area contributed by atoms with E-state index in [9.17, 15) is 4.79 Å². The maximum Gasteiger partial charge on any atom is 0.278 e. The minimum atomic E-state index is -0.331. The van der Waals surface area contributed by atoms with Crippen molar-refractivity contribution in [1.82, 2.24) is 40.0 Å². The highest BCUT2D eigenvalue weighted by Gasteiger charge is 2.15. The van der Waals surface area contributed by atoms with Crippen LogP contribution in [0, 0.1) is 11.3 Å². The summed E-state index contributed by atoms with van der Waals surface area (Å²) < 4.78 is 3.43. The average molecular weight is 433 g/mol. The molecule has 0 amide bonds. The van der Waals surface area contributed by atoms with Crippen molar-refractivity contribution >= 4 is 21.9 Å². The molecule has 2 N–H and O–H groups in total. The zero-order valence-electron chi connectivity index (χ0n) is 17.1. The molecule has 0 saturated carbocycles. The highest BCUT2D eigenvalue weighted by atomic mass is 16.1. The Bertz CT molecular complexity index is 1730. The first-order valence-corrected chi connectivity index (χ1v) is 10.1. The summed E-state index contributed by atoms with van der Waals surface area (Å²) in [6.07, 6.45) is 3.43. The van der Waals surface area contributed by atoms with Gasteiger partial charge >= 0.3 is 0 Å². The largest absolute Gasteiger partial charge is 0.319 e. The van der Waals surface area contributed by atoms with E-state index in [1.54, 1.807) is 33.9 Å². The lowest BCUT2D eigenvalue weighted by Gasteiger charge is -2.09. The quantitative estimate of drug-likeness (QED) is 0.439. The molecule has 0 radical (unpaired) electrons. The lowest BCUT2D eigenvalue weighted by atomic mass is 10.1. The Morgan fingerprint density at radius 1 is 1.06 bits per heavy atom. The lowest BCUT2D eigenvalue weighted by molar-refractivity contribution is 0.692. The Kier molecular flexibility index (Phi) is 4.13. The van der Waals surface area contributed by atoms with Crippen LogP contribution in [0.25, 0.3) is 39.0 Å². The van der Waals surface area contributed by atoms with Crippen molar-refractivity contribution in [3.05, 3.63) is 88.5 Å². The minimum absolute atomic E-state index is 0.251. The van der Waals surface area contributed by atoms with Gasteiger partial charge in [-0.25, -0.2) is 4.68 Å². The summed E-state index contributed by atoms with van der Waals surface area (Å²) in [4.78, 5) is 15.7. The fraction of sp³-hybridized carbons (Fsp3) is 0.0435. The maximum absolute atomic E-state index is 12.8. The van der Waals surface area contributed by atoms with Crippen molar-refractivity contribution in [2.75, 3.05) is 0 Å². The molecule has 0 spiro atoms. The standard InChI is InChI=1S/C23H15N9O/c24-11-14-1-3-15(4-2-14)13-31-20(7-8-26-31)19-10-21-22(23(33)27-19)29-30-32(21)17-6-5-16-12-25-28-18(16)9-17/h1-10,12H,13H2,(H,25,28)(H,27,33). The number of H-pyrrole nitrogens is 2. The van der Waals surface area contributed by atoms with Gasteiger partial charge in [0.1, 0.15) is 5.52 Å². The van der Waals surface area contributed by atoms with Crippen molar-refractivity contribution in [3.63, 3.8) is 0 Å². The molecule has 0 aliphatic heterocycles. The van der Waals surface area contributed by atoms with E-state index < -0.39 is 0 Å². The summed E-state index contributed by atoms with van der Waals surface area (Å²) in [6.45, 7) is 0.488. The fourth-order valence-electron chi connectivity index (χ4n) is 3.87. The summed E-state index contributed by atoms with van der Waals surface area (Å²) in [6, 6.07) is 18.9. The van der Waals surface area contributed by atoms with Gasteiger partial charge in [0.25, 0.3) is 5.56 Å². The zero-order valence-corrected chi connectivity index (χ0v) is 17.1. The average Bonchev–Trinajstić information content (AvgIpc) is 3.58. The molecule has 4 heterocycles. The minimum Gasteiger partial charge on any atom is -0.319 e. The Labute approximate surface area is 185 Å². The van der Waals surface area contributed by atoms with Crippen LogP contribution >= 0.6 is 0 Å². The first kappa shape index (κ1) is 18.7. The van der Waals surface area contributed by atoms with Crippen molar-refractivity contribution in [2.24, 2.45) is 0 Å².